The molecule has 0 unspecified atom stereocenters. The molecule has 0 bridgehead atoms. The van der Waals surface area contributed by atoms with Crippen molar-refractivity contribution in [2.45, 2.75) is 25.3 Å². The predicted molar refractivity (Wildman–Crippen MR) is 106 cm³/mol. The predicted octanol–water partition coefficient (Wildman–Crippen LogP) is 1.50. The molecule has 1 aliphatic heterocycles. The van der Waals surface area contributed by atoms with E-state index < -0.39 is 5.54 Å². The van der Waals surface area contributed by atoms with Crippen molar-refractivity contribution in [2.75, 3.05) is 53.0 Å². The van der Waals surface area contributed by atoms with E-state index in [0.717, 1.165) is 57.1 Å². The van der Waals surface area contributed by atoms with Gasteiger partial charge in [0, 0.05) is 32.7 Å². The standard InChI is InChI=1S/C21H30N4O3/c1-21(16-22,17-3-4-17)23-20(26)15-25-11-9-24(10-12-25)13-14-28-19-7-5-18(27-2)6-8-19/h5-8,17H,3-4,9-15H2,1-2H3,(H,23,26)/t21-/m0/s1. The van der Waals surface area contributed by atoms with Gasteiger partial charge in [-0.1, -0.05) is 0 Å². The summed E-state index contributed by atoms with van der Waals surface area (Å²) in [6.07, 6.45) is 2.06. The van der Waals surface area contributed by atoms with Gasteiger partial charge in [-0.05, 0) is 49.9 Å². The first kappa shape index (κ1) is 20.4. The highest BCUT2D eigenvalue weighted by Crippen LogP contribution is 2.39. The molecule has 1 N–H and O–H groups in total. The molecule has 7 nitrogen and oxygen atoms in total. The fourth-order valence-electron chi connectivity index (χ4n) is 3.55. The number of nitrogens with zero attached hydrogens (tertiary/aromatic N) is 3. The Bertz CT molecular complexity index is 691. The Morgan fingerprint density at radius 3 is 2.36 bits per heavy atom. The lowest BCUT2D eigenvalue weighted by Crippen LogP contribution is -2.53. The van der Waals surface area contributed by atoms with E-state index in [1.165, 1.54) is 0 Å². The molecule has 2 fully saturated rings. The lowest BCUT2D eigenvalue weighted by atomic mass is 9.98. The largest absolute Gasteiger partial charge is 0.497 e. The fraction of sp³-hybridized carbons (Fsp3) is 0.619. The number of piperazine rings is 1. The van der Waals surface area contributed by atoms with Gasteiger partial charge in [0.05, 0.1) is 19.7 Å². The zero-order valence-electron chi connectivity index (χ0n) is 16.8. The summed E-state index contributed by atoms with van der Waals surface area (Å²) in [5.74, 6) is 1.92. The van der Waals surface area contributed by atoms with Gasteiger partial charge >= 0.3 is 0 Å². The number of rotatable bonds is 9. The molecule has 0 spiro atoms. The van der Waals surface area contributed by atoms with Crippen LogP contribution in [0.25, 0.3) is 0 Å². The second kappa shape index (κ2) is 9.26. The summed E-state index contributed by atoms with van der Waals surface area (Å²) in [6, 6.07) is 9.87. The molecule has 1 aromatic rings. The highest BCUT2D eigenvalue weighted by Gasteiger charge is 2.43. The average molecular weight is 386 g/mol. The Labute approximate surface area is 167 Å². The molecule has 1 saturated heterocycles. The van der Waals surface area contributed by atoms with E-state index in [4.69, 9.17) is 9.47 Å². The minimum absolute atomic E-state index is 0.0489. The molecule has 1 heterocycles. The molecule has 1 saturated carbocycles. The third-order valence-electron chi connectivity index (χ3n) is 5.59. The van der Waals surface area contributed by atoms with Crippen LogP contribution in [0.1, 0.15) is 19.8 Å². The van der Waals surface area contributed by atoms with Crippen molar-refractivity contribution in [1.29, 1.82) is 5.26 Å². The molecule has 28 heavy (non-hydrogen) atoms. The highest BCUT2D eigenvalue weighted by atomic mass is 16.5. The Balaban J connectivity index is 1.32. The second-order valence-electron chi connectivity index (χ2n) is 7.78. The van der Waals surface area contributed by atoms with Gasteiger partial charge < -0.3 is 14.8 Å². The first-order valence-electron chi connectivity index (χ1n) is 9.96. The first-order chi connectivity index (χ1) is 13.5. The highest BCUT2D eigenvalue weighted by molar-refractivity contribution is 5.79. The van der Waals surface area contributed by atoms with Crippen LogP contribution < -0.4 is 14.8 Å². The van der Waals surface area contributed by atoms with E-state index in [2.05, 4.69) is 21.2 Å². The van der Waals surface area contributed by atoms with Gasteiger partial charge in [0.1, 0.15) is 23.6 Å². The van der Waals surface area contributed by atoms with Crippen LogP contribution in [0.5, 0.6) is 11.5 Å². The molecule has 3 rings (SSSR count). The monoisotopic (exact) mass is 386 g/mol. The number of carbonyl (C=O) groups excluding carboxylic acids is 1. The number of amides is 1. The topological polar surface area (TPSA) is 77.8 Å². The molecule has 1 amide bonds. The Morgan fingerprint density at radius 2 is 1.79 bits per heavy atom. The van der Waals surface area contributed by atoms with E-state index in [9.17, 15) is 10.1 Å². The molecular weight excluding hydrogens is 356 g/mol. The molecule has 1 atom stereocenters. The number of ether oxygens (including phenoxy) is 2. The molecule has 152 valence electrons. The average Bonchev–Trinajstić information content (AvgIpc) is 3.55. The lowest BCUT2D eigenvalue weighted by Gasteiger charge is -2.34. The van der Waals surface area contributed by atoms with Crippen LogP contribution in [0.3, 0.4) is 0 Å². The zero-order valence-corrected chi connectivity index (χ0v) is 16.8. The van der Waals surface area contributed by atoms with Crippen molar-refractivity contribution < 1.29 is 14.3 Å². The first-order valence-corrected chi connectivity index (χ1v) is 9.96. The molecule has 0 aromatic heterocycles. The maximum atomic E-state index is 12.3. The van der Waals surface area contributed by atoms with Gasteiger partial charge in [-0.3, -0.25) is 14.6 Å². The molecular formula is C21H30N4O3. The minimum atomic E-state index is -0.711. The molecule has 1 aliphatic carbocycles. The third kappa shape index (κ3) is 5.60. The molecule has 1 aromatic carbocycles. The SMILES string of the molecule is COc1ccc(OCCN2CCN(CC(=O)N[C@@](C)(C#N)C3CC3)CC2)cc1. The number of methoxy groups -OCH3 is 1. The summed E-state index contributed by atoms with van der Waals surface area (Å²) >= 11 is 0. The lowest BCUT2D eigenvalue weighted by molar-refractivity contribution is -0.124. The number of carbonyl (C=O) groups is 1. The smallest absolute Gasteiger partial charge is 0.235 e. The summed E-state index contributed by atoms with van der Waals surface area (Å²) in [5.41, 5.74) is -0.711. The van der Waals surface area contributed by atoms with Crippen LogP contribution in [-0.2, 0) is 4.79 Å². The van der Waals surface area contributed by atoms with E-state index >= 15 is 0 Å². The second-order valence-corrected chi connectivity index (χ2v) is 7.78. The summed E-state index contributed by atoms with van der Waals surface area (Å²) < 4.78 is 10.9. The molecule has 0 radical (unpaired) electrons. The van der Waals surface area contributed by atoms with Gasteiger partial charge in [-0.2, -0.15) is 5.26 Å². The van der Waals surface area contributed by atoms with Gasteiger partial charge in [0.2, 0.25) is 5.91 Å². The van der Waals surface area contributed by atoms with Crippen LogP contribution in [0.15, 0.2) is 24.3 Å². The fourth-order valence-corrected chi connectivity index (χ4v) is 3.55. The van der Waals surface area contributed by atoms with Crippen molar-refractivity contribution >= 4 is 5.91 Å². The molecule has 7 heteroatoms. The molecule has 2 aliphatic rings. The number of hydrogen-bond donors (Lipinski definition) is 1. The number of benzene rings is 1. The Morgan fingerprint density at radius 1 is 1.18 bits per heavy atom. The third-order valence-corrected chi connectivity index (χ3v) is 5.59. The van der Waals surface area contributed by atoms with Crippen LogP contribution in [0.4, 0.5) is 0 Å². The van der Waals surface area contributed by atoms with Crippen molar-refractivity contribution in [3.63, 3.8) is 0 Å². The zero-order chi connectivity index (χ0) is 20.0. The maximum Gasteiger partial charge on any atom is 0.235 e. The van der Waals surface area contributed by atoms with Gasteiger partial charge in [0.15, 0.2) is 0 Å². The summed E-state index contributed by atoms with van der Waals surface area (Å²) in [7, 11) is 1.65. The summed E-state index contributed by atoms with van der Waals surface area (Å²) in [5, 5.41) is 12.3. The van der Waals surface area contributed by atoms with E-state index in [1.54, 1.807) is 7.11 Å². The van der Waals surface area contributed by atoms with Gasteiger partial charge in [-0.15, -0.1) is 0 Å². The van der Waals surface area contributed by atoms with E-state index in [0.29, 0.717) is 19.1 Å². The van der Waals surface area contributed by atoms with Crippen LogP contribution in [0, 0.1) is 17.2 Å². The van der Waals surface area contributed by atoms with Crippen molar-refractivity contribution in [2.24, 2.45) is 5.92 Å². The van der Waals surface area contributed by atoms with E-state index in [-0.39, 0.29) is 5.91 Å². The van der Waals surface area contributed by atoms with Crippen LogP contribution >= 0.6 is 0 Å². The van der Waals surface area contributed by atoms with Crippen LogP contribution in [-0.4, -0.2) is 74.2 Å². The minimum Gasteiger partial charge on any atom is -0.497 e. The van der Waals surface area contributed by atoms with Gasteiger partial charge in [-0.25, -0.2) is 0 Å². The summed E-state index contributed by atoms with van der Waals surface area (Å²) in [4.78, 5) is 16.8. The number of hydrogen-bond acceptors (Lipinski definition) is 6. The Hall–Kier alpha value is -2.30. The van der Waals surface area contributed by atoms with Crippen molar-refractivity contribution in [3.8, 4) is 17.6 Å². The number of nitriles is 1. The number of nitrogens with one attached hydrogen (secondary N) is 1. The van der Waals surface area contributed by atoms with Crippen molar-refractivity contribution in [1.82, 2.24) is 15.1 Å². The Kier molecular flexibility index (Phi) is 6.76. The maximum absolute atomic E-state index is 12.3. The normalized spacial score (nSPS) is 20.0. The summed E-state index contributed by atoms with van der Waals surface area (Å²) in [6.45, 7) is 7.22. The van der Waals surface area contributed by atoms with Crippen LogP contribution in [0.2, 0.25) is 0 Å². The quantitative estimate of drug-likeness (QED) is 0.693. The van der Waals surface area contributed by atoms with Crippen molar-refractivity contribution in [3.05, 3.63) is 24.3 Å². The van der Waals surface area contributed by atoms with E-state index in [1.807, 2.05) is 31.2 Å². The van der Waals surface area contributed by atoms with Gasteiger partial charge in [0.25, 0.3) is 0 Å².